The minimum absolute atomic E-state index is 0.0388. The van der Waals surface area contributed by atoms with Crippen LogP contribution in [0.2, 0.25) is 0 Å². The Labute approximate surface area is 112 Å². The number of nitrogens with zero attached hydrogens (tertiary/aromatic N) is 1. The van der Waals surface area contributed by atoms with Gasteiger partial charge in [-0.15, -0.1) is 0 Å². The van der Waals surface area contributed by atoms with Crippen molar-refractivity contribution in [3.8, 4) is 0 Å². The van der Waals surface area contributed by atoms with Crippen LogP contribution in [0.5, 0.6) is 0 Å². The van der Waals surface area contributed by atoms with Crippen molar-refractivity contribution in [1.82, 2.24) is 4.90 Å². The van der Waals surface area contributed by atoms with Crippen LogP contribution in [0.15, 0.2) is 0 Å². The fraction of sp³-hybridized carbons (Fsp3) is 0.857. The predicted octanol–water partition coefficient (Wildman–Crippen LogP) is 1.12. The average Bonchev–Trinajstić information content (AvgIpc) is 2.91. The summed E-state index contributed by atoms with van der Waals surface area (Å²) >= 11 is 0. The van der Waals surface area contributed by atoms with Crippen LogP contribution >= 0.6 is 0 Å². The molecule has 3 aliphatic rings. The summed E-state index contributed by atoms with van der Waals surface area (Å²) in [6.45, 7) is 3.32. The first-order valence-electron chi connectivity index (χ1n) is 7.21. The molecule has 3 fully saturated rings. The van der Waals surface area contributed by atoms with E-state index in [2.05, 4.69) is 0 Å². The highest BCUT2D eigenvalue weighted by Crippen LogP contribution is 2.38. The molecular weight excluding hydrogens is 246 g/mol. The van der Waals surface area contributed by atoms with E-state index < -0.39 is 11.9 Å². The van der Waals surface area contributed by atoms with Crippen LogP contribution in [0.1, 0.15) is 32.6 Å². The van der Waals surface area contributed by atoms with Crippen LogP contribution in [0.25, 0.3) is 0 Å². The fourth-order valence-corrected chi connectivity index (χ4v) is 3.87. The lowest BCUT2D eigenvalue weighted by Crippen LogP contribution is -2.49. The first-order chi connectivity index (χ1) is 9.04. The SMILES string of the molecule is CC1C[C@H](C(=O)N2CC3CCC(C2)O3)[C@H](C(=O)O)C1. The quantitative estimate of drug-likeness (QED) is 0.814. The van der Waals surface area contributed by atoms with E-state index in [0.717, 1.165) is 12.8 Å². The summed E-state index contributed by atoms with van der Waals surface area (Å²) in [5, 5.41) is 9.27. The second kappa shape index (κ2) is 4.78. The van der Waals surface area contributed by atoms with E-state index in [0.29, 0.717) is 31.8 Å². The number of carbonyl (C=O) groups excluding carboxylic acids is 1. The molecular formula is C14H21NO4. The molecule has 1 amide bonds. The molecule has 0 aromatic heterocycles. The molecule has 1 N–H and O–H groups in total. The molecule has 3 rings (SSSR count). The lowest BCUT2D eigenvalue weighted by Gasteiger charge is -2.34. The van der Waals surface area contributed by atoms with E-state index in [-0.39, 0.29) is 24.0 Å². The van der Waals surface area contributed by atoms with Crippen molar-refractivity contribution in [2.75, 3.05) is 13.1 Å². The Kier molecular flexibility index (Phi) is 3.25. The molecule has 106 valence electrons. The van der Waals surface area contributed by atoms with Crippen molar-refractivity contribution < 1.29 is 19.4 Å². The third kappa shape index (κ3) is 2.36. The smallest absolute Gasteiger partial charge is 0.307 e. The number of carboxylic acid groups (broad SMARTS) is 1. The number of hydrogen-bond donors (Lipinski definition) is 1. The summed E-state index contributed by atoms with van der Waals surface area (Å²) in [7, 11) is 0. The maximum atomic E-state index is 12.6. The topological polar surface area (TPSA) is 66.8 Å². The number of carboxylic acids is 1. The van der Waals surface area contributed by atoms with Gasteiger partial charge in [0.1, 0.15) is 0 Å². The number of rotatable bonds is 2. The van der Waals surface area contributed by atoms with E-state index in [1.807, 2.05) is 11.8 Å². The van der Waals surface area contributed by atoms with E-state index in [9.17, 15) is 14.7 Å². The average molecular weight is 267 g/mol. The van der Waals surface area contributed by atoms with Gasteiger partial charge in [0.25, 0.3) is 0 Å². The van der Waals surface area contributed by atoms with Gasteiger partial charge in [0.2, 0.25) is 5.91 Å². The van der Waals surface area contributed by atoms with Gasteiger partial charge >= 0.3 is 5.97 Å². The highest BCUT2D eigenvalue weighted by atomic mass is 16.5. The van der Waals surface area contributed by atoms with Crippen LogP contribution in [0.4, 0.5) is 0 Å². The minimum atomic E-state index is -0.820. The van der Waals surface area contributed by atoms with E-state index in [1.54, 1.807) is 0 Å². The number of fused-ring (bicyclic) bond motifs is 2. The maximum Gasteiger partial charge on any atom is 0.307 e. The Morgan fingerprint density at radius 3 is 2.26 bits per heavy atom. The number of likely N-dealkylation sites (tertiary alicyclic amines) is 1. The van der Waals surface area contributed by atoms with Crippen molar-refractivity contribution in [3.05, 3.63) is 0 Å². The molecule has 2 saturated heterocycles. The third-order valence-corrected chi connectivity index (χ3v) is 4.79. The van der Waals surface area contributed by atoms with Crippen LogP contribution in [-0.4, -0.2) is 47.2 Å². The molecule has 2 bridgehead atoms. The number of hydrogen-bond acceptors (Lipinski definition) is 3. The minimum Gasteiger partial charge on any atom is -0.481 e. The van der Waals surface area contributed by atoms with Crippen molar-refractivity contribution in [2.24, 2.45) is 17.8 Å². The standard InChI is InChI=1S/C14H21NO4/c1-8-4-11(12(5-8)14(17)18)13(16)15-6-9-2-3-10(7-15)19-9/h8-12H,2-7H2,1H3,(H,17,18)/t8?,9?,10?,11-,12+/m0/s1. The summed E-state index contributed by atoms with van der Waals surface area (Å²) < 4.78 is 5.73. The molecule has 5 heteroatoms. The molecule has 2 aliphatic heterocycles. The molecule has 19 heavy (non-hydrogen) atoms. The monoisotopic (exact) mass is 267 g/mol. The molecule has 3 unspecified atom stereocenters. The molecule has 5 nitrogen and oxygen atoms in total. The van der Waals surface area contributed by atoms with Crippen molar-refractivity contribution in [3.63, 3.8) is 0 Å². The summed E-state index contributed by atoms with van der Waals surface area (Å²) in [5.41, 5.74) is 0. The van der Waals surface area contributed by atoms with E-state index in [4.69, 9.17) is 4.74 Å². The molecule has 2 heterocycles. The molecule has 0 spiro atoms. The highest BCUT2D eigenvalue weighted by Gasteiger charge is 2.45. The number of morpholine rings is 1. The van der Waals surface area contributed by atoms with Crippen LogP contribution in [-0.2, 0) is 14.3 Å². The second-order valence-electron chi connectivity index (χ2n) is 6.33. The van der Waals surface area contributed by atoms with Gasteiger partial charge in [-0.2, -0.15) is 0 Å². The number of amides is 1. The van der Waals surface area contributed by atoms with Gasteiger partial charge in [0, 0.05) is 13.1 Å². The Morgan fingerprint density at radius 2 is 1.68 bits per heavy atom. The second-order valence-corrected chi connectivity index (χ2v) is 6.33. The van der Waals surface area contributed by atoms with Crippen molar-refractivity contribution >= 4 is 11.9 Å². The van der Waals surface area contributed by atoms with E-state index in [1.165, 1.54) is 0 Å². The molecule has 5 atom stereocenters. The van der Waals surface area contributed by atoms with E-state index >= 15 is 0 Å². The third-order valence-electron chi connectivity index (χ3n) is 4.79. The molecule has 1 aliphatic carbocycles. The zero-order valence-corrected chi connectivity index (χ0v) is 11.2. The first-order valence-corrected chi connectivity index (χ1v) is 7.21. The Bertz CT molecular complexity index is 385. The molecule has 1 saturated carbocycles. The largest absolute Gasteiger partial charge is 0.481 e. The molecule has 0 aromatic rings. The zero-order chi connectivity index (χ0) is 13.6. The summed E-state index contributed by atoms with van der Waals surface area (Å²) in [5.74, 6) is -1.28. The van der Waals surface area contributed by atoms with Gasteiger partial charge in [0.15, 0.2) is 0 Å². The Balaban J connectivity index is 1.71. The summed E-state index contributed by atoms with van der Waals surface area (Å²) in [6, 6.07) is 0. The summed E-state index contributed by atoms with van der Waals surface area (Å²) in [4.78, 5) is 25.7. The van der Waals surface area contributed by atoms with Crippen molar-refractivity contribution in [1.29, 1.82) is 0 Å². The van der Waals surface area contributed by atoms with Crippen LogP contribution in [0.3, 0.4) is 0 Å². The zero-order valence-electron chi connectivity index (χ0n) is 11.2. The highest BCUT2D eigenvalue weighted by molar-refractivity contribution is 5.85. The fourth-order valence-electron chi connectivity index (χ4n) is 3.87. The normalized spacial score (nSPS) is 41.5. The predicted molar refractivity (Wildman–Crippen MR) is 67.5 cm³/mol. The molecule has 0 aromatic carbocycles. The number of aliphatic carboxylic acids is 1. The van der Waals surface area contributed by atoms with Gasteiger partial charge in [-0.25, -0.2) is 0 Å². The van der Waals surface area contributed by atoms with Gasteiger partial charge in [-0.1, -0.05) is 6.92 Å². The van der Waals surface area contributed by atoms with Crippen LogP contribution in [0, 0.1) is 17.8 Å². The van der Waals surface area contributed by atoms with Gasteiger partial charge in [-0.3, -0.25) is 9.59 Å². The Morgan fingerprint density at radius 1 is 1.11 bits per heavy atom. The lowest BCUT2D eigenvalue weighted by molar-refractivity contribution is -0.153. The summed E-state index contributed by atoms with van der Waals surface area (Å²) in [6.07, 6.45) is 3.73. The van der Waals surface area contributed by atoms with Gasteiger partial charge in [-0.05, 0) is 31.6 Å². The lowest BCUT2D eigenvalue weighted by atomic mass is 9.94. The Hall–Kier alpha value is -1.10. The number of ether oxygens (including phenoxy) is 1. The van der Waals surface area contributed by atoms with Crippen LogP contribution < -0.4 is 0 Å². The first kappa shape index (κ1) is 12.9. The van der Waals surface area contributed by atoms with Gasteiger partial charge in [0.05, 0.1) is 24.0 Å². The maximum absolute atomic E-state index is 12.6. The molecule has 0 radical (unpaired) electrons. The number of carbonyl (C=O) groups is 2. The van der Waals surface area contributed by atoms with Crippen molar-refractivity contribution in [2.45, 2.75) is 44.8 Å². The van der Waals surface area contributed by atoms with Gasteiger partial charge < -0.3 is 14.7 Å².